The van der Waals surface area contributed by atoms with Gasteiger partial charge in [0.05, 0.1) is 24.8 Å². The Hall–Kier alpha value is -2.94. The van der Waals surface area contributed by atoms with E-state index < -0.39 is 0 Å². The fourth-order valence-corrected chi connectivity index (χ4v) is 6.07. The molecule has 0 spiro atoms. The summed E-state index contributed by atoms with van der Waals surface area (Å²) in [4.78, 5) is 19.4. The van der Waals surface area contributed by atoms with Gasteiger partial charge in [0.1, 0.15) is 18.4 Å². The lowest BCUT2D eigenvalue weighted by Gasteiger charge is -2.20. The molecule has 4 aromatic rings. The van der Waals surface area contributed by atoms with Crippen molar-refractivity contribution >= 4 is 38.7 Å². The van der Waals surface area contributed by atoms with Gasteiger partial charge >= 0.3 is 0 Å². The molecule has 0 unspecified atom stereocenters. The summed E-state index contributed by atoms with van der Waals surface area (Å²) in [5, 5.41) is 6.11. The molecule has 6 nitrogen and oxygen atoms in total. The van der Waals surface area contributed by atoms with Crippen molar-refractivity contribution < 1.29 is 19.0 Å². The number of aromatic nitrogens is 1. The van der Waals surface area contributed by atoms with E-state index in [0.717, 1.165) is 39.6 Å². The molecule has 0 saturated carbocycles. The predicted octanol–water partition coefficient (Wildman–Crippen LogP) is 5.54. The van der Waals surface area contributed by atoms with Gasteiger partial charge in [0.15, 0.2) is 11.5 Å². The summed E-state index contributed by atoms with van der Waals surface area (Å²) in [5.41, 5.74) is 3.66. The number of ether oxygens (including phenoxy) is 3. The maximum Gasteiger partial charge on any atom is 0.273 e. The minimum Gasteiger partial charge on any atom is -0.487 e. The first-order chi connectivity index (χ1) is 16.7. The molecule has 4 heterocycles. The summed E-state index contributed by atoms with van der Waals surface area (Å²) in [6.07, 6.45) is 0.856. The minimum absolute atomic E-state index is 0.00105. The Labute approximate surface area is 205 Å². The molecule has 174 valence electrons. The quantitative estimate of drug-likeness (QED) is 0.375. The maximum absolute atomic E-state index is 13.2. The Morgan fingerprint density at radius 2 is 2.09 bits per heavy atom. The molecule has 0 bridgehead atoms. The van der Waals surface area contributed by atoms with Gasteiger partial charge in [0.2, 0.25) is 0 Å². The van der Waals surface area contributed by atoms with Crippen LogP contribution in [0.4, 0.5) is 0 Å². The van der Waals surface area contributed by atoms with E-state index in [-0.39, 0.29) is 12.0 Å². The topological polar surface area (TPSA) is 60.9 Å². The van der Waals surface area contributed by atoms with Crippen LogP contribution in [-0.4, -0.2) is 48.3 Å². The molecule has 6 rings (SSSR count). The van der Waals surface area contributed by atoms with E-state index in [0.29, 0.717) is 38.6 Å². The van der Waals surface area contributed by atoms with Gasteiger partial charge in [0.25, 0.3) is 5.91 Å². The number of hydrogen-bond donors (Lipinski definition) is 0. The molecule has 0 N–H and O–H groups in total. The summed E-state index contributed by atoms with van der Waals surface area (Å²) in [7, 11) is 0. The third-order valence-corrected chi connectivity index (χ3v) is 7.94. The SMILES string of the molecule is Cc1nc(C(=O)N2CCOc3c(cc(-c4csc5ccccc45)cc3O[C@H]3CCOC3)C2)cs1. The lowest BCUT2D eigenvalue weighted by atomic mass is 10.0. The predicted molar refractivity (Wildman–Crippen MR) is 134 cm³/mol. The van der Waals surface area contributed by atoms with Crippen molar-refractivity contribution in [2.24, 2.45) is 0 Å². The number of aryl methyl sites for hydroxylation is 1. The first-order valence-corrected chi connectivity index (χ1v) is 13.1. The van der Waals surface area contributed by atoms with E-state index in [4.69, 9.17) is 14.2 Å². The highest BCUT2D eigenvalue weighted by Crippen LogP contribution is 2.42. The highest BCUT2D eigenvalue weighted by Gasteiger charge is 2.27. The summed E-state index contributed by atoms with van der Waals surface area (Å²) < 4.78 is 19.4. The molecular formula is C26H24N2O4S2. The zero-order valence-electron chi connectivity index (χ0n) is 18.8. The van der Waals surface area contributed by atoms with Crippen molar-refractivity contribution in [1.82, 2.24) is 9.88 Å². The summed E-state index contributed by atoms with van der Waals surface area (Å²) >= 11 is 3.22. The van der Waals surface area contributed by atoms with Gasteiger partial charge in [-0.2, -0.15) is 0 Å². The summed E-state index contributed by atoms with van der Waals surface area (Å²) in [6.45, 7) is 4.53. The third kappa shape index (κ3) is 4.06. The number of amides is 1. The summed E-state index contributed by atoms with van der Waals surface area (Å²) in [5.74, 6) is 1.37. The number of thiophene rings is 1. The van der Waals surface area contributed by atoms with Crippen LogP contribution >= 0.6 is 22.7 Å². The van der Waals surface area contributed by atoms with Crippen LogP contribution in [0.2, 0.25) is 0 Å². The smallest absolute Gasteiger partial charge is 0.273 e. The first kappa shape index (κ1) is 21.6. The van der Waals surface area contributed by atoms with Crippen molar-refractivity contribution in [3.05, 3.63) is 63.4 Å². The highest BCUT2D eigenvalue weighted by molar-refractivity contribution is 7.17. The second kappa shape index (κ2) is 9.02. The van der Waals surface area contributed by atoms with Gasteiger partial charge in [-0.1, -0.05) is 18.2 Å². The Morgan fingerprint density at radius 1 is 1.18 bits per heavy atom. The monoisotopic (exact) mass is 492 g/mol. The molecule has 2 aromatic carbocycles. The van der Waals surface area contributed by atoms with Crippen molar-refractivity contribution in [1.29, 1.82) is 0 Å². The second-order valence-electron chi connectivity index (χ2n) is 8.54. The zero-order valence-corrected chi connectivity index (χ0v) is 20.4. The van der Waals surface area contributed by atoms with E-state index in [9.17, 15) is 4.79 Å². The second-order valence-corrected chi connectivity index (χ2v) is 10.5. The highest BCUT2D eigenvalue weighted by atomic mass is 32.1. The zero-order chi connectivity index (χ0) is 23.1. The van der Waals surface area contributed by atoms with Crippen LogP contribution in [0.1, 0.15) is 27.5 Å². The third-order valence-electron chi connectivity index (χ3n) is 6.20. The van der Waals surface area contributed by atoms with Crippen LogP contribution in [0.3, 0.4) is 0 Å². The van der Waals surface area contributed by atoms with E-state index in [1.54, 1.807) is 11.3 Å². The van der Waals surface area contributed by atoms with Crippen molar-refractivity contribution in [2.75, 3.05) is 26.4 Å². The average molecular weight is 493 g/mol. The van der Waals surface area contributed by atoms with Crippen LogP contribution in [0, 0.1) is 6.92 Å². The number of carbonyl (C=O) groups is 1. The van der Waals surface area contributed by atoms with Crippen LogP contribution in [0.25, 0.3) is 21.2 Å². The van der Waals surface area contributed by atoms with Gasteiger partial charge in [-0.25, -0.2) is 4.98 Å². The number of benzene rings is 2. The van der Waals surface area contributed by atoms with Gasteiger partial charge in [0, 0.05) is 39.6 Å². The molecule has 0 radical (unpaired) electrons. The van der Waals surface area contributed by atoms with E-state index >= 15 is 0 Å². The molecule has 1 saturated heterocycles. The molecular weight excluding hydrogens is 468 g/mol. The standard InChI is InChI=1S/C26H24N2O4S2/c1-16-27-22(15-33-16)26(29)28-7-9-31-25-18(12-28)10-17(11-23(25)32-19-6-8-30-13-19)21-14-34-24-5-3-2-4-20(21)24/h2-5,10-11,14-15,19H,6-9,12-13H2,1H3/t19-/m0/s1. The van der Waals surface area contributed by atoms with Crippen LogP contribution in [-0.2, 0) is 11.3 Å². The number of carbonyl (C=O) groups excluding carboxylic acids is 1. The lowest BCUT2D eigenvalue weighted by Crippen LogP contribution is -2.32. The van der Waals surface area contributed by atoms with Crippen molar-refractivity contribution in [3.8, 4) is 22.6 Å². The number of rotatable bonds is 4. The van der Waals surface area contributed by atoms with Crippen LogP contribution < -0.4 is 9.47 Å². The average Bonchev–Trinajstić information content (AvgIpc) is 3.57. The Bertz CT molecular complexity index is 1360. The van der Waals surface area contributed by atoms with Gasteiger partial charge < -0.3 is 19.1 Å². The molecule has 2 aromatic heterocycles. The van der Waals surface area contributed by atoms with Crippen LogP contribution in [0.5, 0.6) is 11.5 Å². The Kier molecular flexibility index (Phi) is 5.72. The molecule has 1 fully saturated rings. The van der Waals surface area contributed by atoms with Crippen molar-refractivity contribution in [3.63, 3.8) is 0 Å². The fraction of sp³-hybridized carbons (Fsp3) is 0.308. The molecule has 2 aliphatic rings. The van der Waals surface area contributed by atoms with Crippen molar-refractivity contribution in [2.45, 2.75) is 26.0 Å². The van der Waals surface area contributed by atoms with Gasteiger partial charge in [-0.05, 0) is 36.1 Å². The minimum atomic E-state index is -0.0705. The first-order valence-electron chi connectivity index (χ1n) is 11.4. The molecule has 1 atom stereocenters. The lowest BCUT2D eigenvalue weighted by molar-refractivity contribution is 0.0727. The Morgan fingerprint density at radius 3 is 2.91 bits per heavy atom. The molecule has 8 heteroatoms. The molecule has 2 aliphatic heterocycles. The van der Waals surface area contributed by atoms with Gasteiger partial charge in [-0.15, -0.1) is 22.7 Å². The number of thiazole rings is 1. The van der Waals surface area contributed by atoms with E-state index in [1.165, 1.54) is 21.4 Å². The molecule has 1 amide bonds. The maximum atomic E-state index is 13.2. The summed E-state index contributed by atoms with van der Waals surface area (Å²) in [6, 6.07) is 12.6. The normalized spacial score (nSPS) is 17.9. The molecule has 0 aliphatic carbocycles. The van der Waals surface area contributed by atoms with Crippen LogP contribution in [0.15, 0.2) is 47.2 Å². The molecule has 34 heavy (non-hydrogen) atoms. The fourth-order valence-electron chi connectivity index (χ4n) is 4.51. The van der Waals surface area contributed by atoms with E-state index in [1.807, 2.05) is 17.2 Å². The number of hydrogen-bond acceptors (Lipinski definition) is 7. The van der Waals surface area contributed by atoms with E-state index in [2.05, 4.69) is 46.8 Å². The Balaban J connectivity index is 1.42. The number of fused-ring (bicyclic) bond motifs is 2. The number of nitrogens with zero attached hydrogens (tertiary/aromatic N) is 2. The van der Waals surface area contributed by atoms with Gasteiger partial charge in [-0.3, -0.25) is 4.79 Å². The largest absolute Gasteiger partial charge is 0.487 e.